The van der Waals surface area contributed by atoms with Crippen molar-refractivity contribution in [2.24, 2.45) is 0 Å². The van der Waals surface area contributed by atoms with Gasteiger partial charge in [-0.05, 0) is 56.0 Å². The normalized spacial score (nSPS) is 11.1. The van der Waals surface area contributed by atoms with Gasteiger partial charge in [-0.15, -0.1) is 0 Å². The van der Waals surface area contributed by atoms with E-state index in [9.17, 15) is 0 Å². The molecule has 3 nitrogen and oxygen atoms in total. The van der Waals surface area contributed by atoms with Crippen LogP contribution in [-0.2, 0) is 6.54 Å². The number of benzene rings is 2. The molecule has 3 rings (SSSR count). The van der Waals surface area contributed by atoms with Crippen LogP contribution in [0.15, 0.2) is 42.7 Å². The molecule has 0 fully saturated rings. The van der Waals surface area contributed by atoms with Gasteiger partial charge >= 0.3 is 0 Å². The van der Waals surface area contributed by atoms with Gasteiger partial charge in [-0.25, -0.2) is 4.57 Å². The largest absolute Gasteiger partial charge is 0.489 e. The first-order chi connectivity index (χ1) is 13.4. The van der Waals surface area contributed by atoms with Crippen molar-refractivity contribution in [1.29, 1.82) is 0 Å². The maximum Gasteiger partial charge on any atom is 0.249 e. The Kier molecular flexibility index (Phi) is 6.23. The SMILES string of the molecule is CCCCOc1ccccc1-n1c[n+](Cc2c(C)cc(C)cc2C)c(C)c1C. The number of rotatable bonds is 7. The fraction of sp³-hybridized carbons (Fsp3) is 0.400. The monoisotopic (exact) mass is 377 g/mol. The molecule has 0 aliphatic carbocycles. The summed E-state index contributed by atoms with van der Waals surface area (Å²) in [5.74, 6) is 0.948. The van der Waals surface area contributed by atoms with Gasteiger partial charge in [0.05, 0.1) is 6.61 Å². The number of aryl methyl sites for hydroxylation is 3. The van der Waals surface area contributed by atoms with Gasteiger partial charge in [0.15, 0.2) is 11.4 Å². The van der Waals surface area contributed by atoms with Gasteiger partial charge in [0.25, 0.3) is 0 Å². The smallest absolute Gasteiger partial charge is 0.249 e. The summed E-state index contributed by atoms with van der Waals surface area (Å²) in [6.07, 6.45) is 4.43. The van der Waals surface area contributed by atoms with Crippen LogP contribution >= 0.6 is 0 Å². The van der Waals surface area contributed by atoms with Crippen molar-refractivity contribution in [3.05, 3.63) is 76.4 Å². The highest BCUT2D eigenvalue weighted by atomic mass is 16.5. The van der Waals surface area contributed by atoms with E-state index in [1.54, 1.807) is 0 Å². The third-order valence-corrected chi connectivity index (χ3v) is 5.62. The lowest BCUT2D eigenvalue weighted by Gasteiger charge is -2.10. The first-order valence-electron chi connectivity index (χ1n) is 10.3. The van der Waals surface area contributed by atoms with Crippen LogP contribution in [0.3, 0.4) is 0 Å². The quantitative estimate of drug-likeness (QED) is 0.391. The molecule has 2 aromatic carbocycles. The Bertz CT molecular complexity index is 946. The van der Waals surface area contributed by atoms with Gasteiger partial charge in [0.2, 0.25) is 6.33 Å². The number of ether oxygens (including phenoxy) is 1. The molecule has 0 spiro atoms. The number of unbranched alkanes of at least 4 members (excludes halogenated alkanes) is 1. The fourth-order valence-electron chi connectivity index (χ4n) is 3.83. The minimum absolute atomic E-state index is 0.758. The first kappa shape index (κ1) is 20.2. The van der Waals surface area contributed by atoms with E-state index in [-0.39, 0.29) is 0 Å². The maximum atomic E-state index is 6.08. The second-order valence-corrected chi connectivity index (χ2v) is 7.83. The van der Waals surface area contributed by atoms with Gasteiger partial charge in [0, 0.05) is 13.8 Å². The van der Waals surface area contributed by atoms with Crippen molar-refractivity contribution >= 4 is 0 Å². The summed E-state index contributed by atoms with van der Waals surface area (Å²) < 4.78 is 10.7. The Labute approximate surface area is 169 Å². The third kappa shape index (κ3) is 4.14. The standard InChI is InChI=1S/C25H33N2O/c1-7-8-13-28-25-12-10-9-11-24(25)27-17-26(21(5)22(27)6)16-23-19(3)14-18(2)15-20(23)4/h9-12,14-15,17H,7-8,13,16H2,1-6H3/q+1. The molecule has 0 saturated heterocycles. The van der Waals surface area contributed by atoms with Crippen molar-refractivity contribution in [2.45, 2.75) is 60.9 Å². The van der Waals surface area contributed by atoms with Gasteiger partial charge in [-0.2, -0.15) is 4.57 Å². The van der Waals surface area contributed by atoms with Crippen molar-refractivity contribution < 1.29 is 9.30 Å². The number of para-hydroxylation sites is 2. The molecule has 0 radical (unpaired) electrons. The summed E-state index contributed by atoms with van der Waals surface area (Å²) in [4.78, 5) is 0. The van der Waals surface area contributed by atoms with Crippen LogP contribution in [0.2, 0.25) is 0 Å². The number of imidazole rings is 1. The molecule has 1 heterocycles. The molecule has 3 aromatic rings. The Morgan fingerprint density at radius 3 is 2.32 bits per heavy atom. The highest BCUT2D eigenvalue weighted by molar-refractivity contribution is 5.47. The molecular weight excluding hydrogens is 344 g/mol. The van der Waals surface area contributed by atoms with E-state index in [0.717, 1.165) is 37.4 Å². The summed E-state index contributed by atoms with van der Waals surface area (Å²) in [5, 5.41) is 0. The zero-order valence-corrected chi connectivity index (χ0v) is 18.2. The average molecular weight is 378 g/mol. The van der Waals surface area contributed by atoms with Crippen LogP contribution < -0.4 is 9.30 Å². The molecule has 0 N–H and O–H groups in total. The summed E-state index contributed by atoms with van der Waals surface area (Å²) in [5.41, 5.74) is 9.08. The molecule has 0 aliphatic rings. The van der Waals surface area contributed by atoms with Crippen LogP contribution in [0.1, 0.15) is 53.4 Å². The topological polar surface area (TPSA) is 18.0 Å². The summed E-state index contributed by atoms with van der Waals surface area (Å²) in [6.45, 7) is 14.8. The van der Waals surface area contributed by atoms with E-state index >= 15 is 0 Å². The van der Waals surface area contributed by atoms with Gasteiger partial charge < -0.3 is 4.74 Å². The lowest BCUT2D eigenvalue weighted by atomic mass is 10.00. The summed E-state index contributed by atoms with van der Waals surface area (Å²) in [7, 11) is 0. The van der Waals surface area contributed by atoms with E-state index < -0.39 is 0 Å². The number of nitrogens with zero attached hydrogens (tertiary/aromatic N) is 2. The minimum atomic E-state index is 0.758. The van der Waals surface area contributed by atoms with Crippen LogP contribution in [0.5, 0.6) is 5.75 Å². The molecule has 0 aliphatic heterocycles. The lowest BCUT2D eigenvalue weighted by Crippen LogP contribution is -2.36. The highest BCUT2D eigenvalue weighted by Gasteiger charge is 2.21. The number of hydrogen-bond acceptors (Lipinski definition) is 1. The Morgan fingerprint density at radius 2 is 1.64 bits per heavy atom. The summed E-state index contributed by atoms with van der Waals surface area (Å²) >= 11 is 0. The van der Waals surface area contributed by atoms with E-state index in [4.69, 9.17) is 4.74 Å². The van der Waals surface area contributed by atoms with Gasteiger partial charge in [0.1, 0.15) is 17.9 Å². The second-order valence-electron chi connectivity index (χ2n) is 7.83. The van der Waals surface area contributed by atoms with E-state index in [1.165, 1.54) is 33.6 Å². The molecular formula is C25H33N2O+. The van der Waals surface area contributed by atoms with E-state index in [2.05, 4.69) is 87.3 Å². The van der Waals surface area contributed by atoms with Crippen molar-refractivity contribution in [3.8, 4) is 11.4 Å². The van der Waals surface area contributed by atoms with Crippen LogP contribution in [-0.4, -0.2) is 11.2 Å². The number of hydrogen-bond donors (Lipinski definition) is 0. The van der Waals surface area contributed by atoms with Crippen LogP contribution in [0.4, 0.5) is 0 Å². The molecule has 1 aromatic heterocycles. The van der Waals surface area contributed by atoms with Crippen LogP contribution in [0, 0.1) is 34.6 Å². The Morgan fingerprint density at radius 1 is 0.964 bits per heavy atom. The molecule has 3 heteroatoms. The predicted octanol–water partition coefficient (Wildman–Crippen LogP) is 5.53. The molecule has 0 unspecified atom stereocenters. The predicted molar refractivity (Wildman–Crippen MR) is 116 cm³/mol. The first-order valence-corrected chi connectivity index (χ1v) is 10.3. The van der Waals surface area contributed by atoms with Gasteiger partial charge in [-0.1, -0.05) is 43.2 Å². The molecule has 148 valence electrons. The Hall–Kier alpha value is -2.55. The second kappa shape index (κ2) is 8.64. The van der Waals surface area contributed by atoms with Crippen molar-refractivity contribution in [1.82, 2.24) is 4.57 Å². The molecule has 0 bridgehead atoms. The van der Waals surface area contributed by atoms with Crippen molar-refractivity contribution in [3.63, 3.8) is 0 Å². The van der Waals surface area contributed by atoms with E-state index in [0.29, 0.717) is 0 Å². The zero-order chi connectivity index (χ0) is 20.3. The molecule has 0 saturated carbocycles. The summed E-state index contributed by atoms with van der Waals surface area (Å²) in [6, 6.07) is 12.9. The minimum Gasteiger partial charge on any atom is -0.489 e. The molecule has 28 heavy (non-hydrogen) atoms. The number of aromatic nitrogens is 2. The maximum absolute atomic E-state index is 6.08. The molecule has 0 amide bonds. The van der Waals surface area contributed by atoms with E-state index in [1.807, 2.05) is 6.07 Å². The third-order valence-electron chi connectivity index (χ3n) is 5.62. The lowest BCUT2D eigenvalue weighted by molar-refractivity contribution is -0.693. The molecule has 0 atom stereocenters. The van der Waals surface area contributed by atoms with Gasteiger partial charge in [-0.3, -0.25) is 0 Å². The highest BCUT2D eigenvalue weighted by Crippen LogP contribution is 2.25. The van der Waals surface area contributed by atoms with Crippen LogP contribution in [0.25, 0.3) is 5.69 Å². The zero-order valence-electron chi connectivity index (χ0n) is 18.2. The van der Waals surface area contributed by atoms with Crippen molar-refractivity contribution in [2.75, 3.05) is 6.61 Å². The fourth-order valence-corrected chi connectivity index (χ4v) is 3.83. The average Bonchev–Trinajstić information content (AvgIpc) is 2.93. The Balaban J connectivity index is 1.97.